The summed E-state index contributed by atoms with van der Waals surface area (Å²) < 4.78 is 1.65. The van der Waals surface area contributed by atoms with Crippen molar-refractivity contribution >= 4 is 11.0 Å². The van der Waals surface area contributed by atoms with E-state index in [-0.39, 0.29) is 0 Å². The van der Waals surface area contributed by atoms with E-state index in [1.165, 1.54) is 17.7 Å². The topological polar surface area (TPSA) is 56.5 Å². The number of fused-ring (bicyclic) bond motifs is 2. The highest BCUT2D eigenvalue weighted by atomic mass is 15.3. The third-order valence-electron chi connectivity index (χ3n) is 3.29. The summed E-state index contributed by atoms with van der Waals surface area (Å²) in [5.41, 5.74) is 3.29. The summed E-state index contributed by atoms with van der Waals surface area (Å²) in [4.78, 5) is 13.4. The molecule has 4 rings (SSSR count). The molecule has 0 bridgehead atoms. The first-order valence-corrected chi connectivity index (χ1v) is 6.06. The Hall–Kier alpha value is -2.30. The van der Waals surface area contributed by atoms with Crippen LogP contribution in [0, 0.1) is 0 Å². The summed E-state index contributed by atoms with van der Waals surface area (Å²) in [5, 5.41) is 5.14. The highest BCUT2D eigenvalue weighted by Crippen LogP contribution is 2.23. The molecule has 3 aromatic rings. The Labute approximate surface area is 104 Å². The van der Waals surface area contributed by atoms with E-state index in [1.807, 2.05) is 18.5 Å². The molecular weight excluding hydrogens is 226 g/mol. The molecule has 5 nitrogen and oxygen atoms in total. The van der Waals surface area contributed by atoms with Crippen molar-refractivity contribution in [2.45, 2.75) is 19.3 Å². The maximum Gasteiger partial charge on any atom is 0.252 e. The summed E-state index contributed by atoms with van der Waals surface area (Å²) in [6.45, 7) is 0. The van der Waals surface area contributed by atoms with Gasteiger partial charge >= 0.3 is 0 Å². The maximum absolute atomic E-state index is 4.63. The predicted octanol–water partition coefficient (Wildman–Crippen LogP) is 1.70. The molecule has 5 heteroatoms. The Morgan fingerprint density at radius 2 is 2.17 bits per heavy atom. The van der Waals surface area contributed by atoms with Crippen LogP contribution >= 0.6 is 0 Å². The third kappa shape index (κ3) is 1.40. The van der Waals surface area contributed by atoms with Crippen molar-refractivity contribution in [1.29, 1.82) is 0 Å². The molecule has 0 aromatic carbocycles. The summed E-state index contributed by atoms with van der Waals surface area (Å²) >= 11 is 0. The van der Waals surface area contributed by atoms with Gasteiger partial charge in [0.25, 0.3) is 5.95 Å². The molecule has 0 atom stereocenters. The summed E-state index contributed by atoms with van der Waals surface area (Å²) in [6.07, 6.45) is 8.74. The van der Waals surface area contributed by atoms with E-state index < -0.39 is 0 Å². The first kappa shape index (κ1) is 9.70. The molecule has 0 amide bonds. The van der Waals surface area contributed by atoms with E-state index in [0.29, 0.717) is 5.95 Å². The lowest BCUT2D eigenvalue weighted by atomic mass is 10.2. The fraction of sp³-hybridized carbons (Fsp3) is 0.231. The lowest BCUT2D eigenvalue weighted by Gasteiger charge is -2.03. The van der Waals surface area contributed by atoms with Crippen molar-refractivity contribution in [3.8, 4) is 5.95 Å². The number of aryl methyl sites for hydroxylation is 2. The Balaban J connectivity index is 1.92. The van der Waals surface area contributed by atoms with Gasteiger partial charge in [-0.2, -0.15) is 10.1 Å². The third-order valence-corrected chi connectivity index (χ3v) is 3.29. The van der Waals surface area contributed by atoms with Crippen molar-refractivity contribution in [1.82, 2.24) is 24.7 Å². The lowest BCUT2D eigenvalue weighted by molar-refractivity contribution is 0.813. The Bertz CT molecular complexity index is 718. The smallest absolute Gasteiger partial charge is 0.233 e. The average Bonchev–Trinajstić information content (AvgIpc) is 3.06. The zero-order chi connectivity index (χ0) is 11.9. The molecule has 1 aliphatic rings. The fourth-order valence-corrected chi connectivity index (χ4v) is 2.41. The molecule has 0 saturated heterocycles. The van der Waals surface area contributed by atoms with Gasteiger partial charge in [0.15, 0.2) is 5.65 Å². The zero-order valence-electron chi connectivity index (χ0n) is 9.74. The van der Waals surface area contributed by atoms with Crippen LogP contribution in [0.15, 0.2) is 30.7 Å². The maximum atomic E-state index is 4.63. The Morgan fingerprint density at radius 1 is 1.17 bits per heavy atom. The van der Waals surface area contributed by atoms with Crippen molar-refractivity contribution in [2.75, 3.05) is 0 Å². The van der Waals surface area contributed by atoms with Crippen LogP contribution in [0.1, 0.15) is 17.7 Å². The molecule has 0 radical (unpaired) electrons. The van der Waals surface area contributed by atoms with Gasteiger partial charge in [0, 0.05) is 29.7 Å². The zero-order valence-corrected chi connectivity index (χ0v) is 9.74. The van der Waals surface area contributed by atoms with Crippen LogP contribution in [0.25, 0.3) is 17.0 Å². The van der Waals surface area contributed by atoms with Gasteiger partial charge in [-0.25, -0.2) is 14.6 Å². The van der Waals surface area contributed by atoms with Crippen molar-refractivity contribution in [2.24, 2.45) is 0 Å². The highest BCUT2D eigenvalue weighted by Gasteiger charge is 2.14. The molecule has 0 unspecified atom stereocenters. The van der Waals surface area contributed by atoms with Crippen LogP contribution in [0.5, 0.6) is 0 Å². The quantitative estimate of drug-likeness (QED) is 0.646. The first-order valence-electron chi connectivity index (χ1n) is 6.06. The van der Waals surface area contributed by atoms with Crippen molar-refractivity contribution < 1.29 is 0 Å². The van der Waals surface area contributed by atoms with Crippen LogP contribution in [0.4, 0.5) is 0 Å². The SMILES string of the molecule is c1cnn(-c2ncc3cc4c(nc3n2)CCC4)c1. The minimum absolute atomic E-state index is 0.568. The second kappa shape index (κ2) is 3.60. The van der Waals surface area contributed by atoms with Gasteiger partial charge in [0.1, 0.15) is 0 Å². The molecule has 18 heavy (non-hydrogen) atoms. The van der Waals surface area contributed by atoms with E-state index in [0.717, 1.165) is 23.9 Å². The molecule has 0 N–H and O–H groups in total. The van der Waals surface area contributed by atoms with Gasteiger partial charge in [0.2, 0.25) is 0 Å². The number of aromatic nitrogens is 5. The monoisotopic (exact) mass is 237 g/mol. The van der Waals surface area contributed by atoms with Crippen molar-refractivity contribution in [3.05, 3.63) is 42.0 Å². The van der Waals surface area contributed by atoms with E-state index in [2.05, 4.69) is 26.1 Å². The summed E-state index contributed by atoms with van der Waals surface area (Å²) in [6, 6.07) is 4.02. The van der Waals surface area contributed by atoms with Crippen LogP contribution in [0.3, 0.4) is 0 Å². The molecule has 3 aromatic heterocycles. The second-order valence-corrected chi connectivity index (χ2v) is 4.48. The predicted molar refractivity (Wildman–Crippen MR) is 66.5 cm³/mol. The largest absolute Gasteiger partial charge is 0.252 e. The van der Waals surface area contributed by atoms with E-state index in [4.69, 9.17) is 0 Å². The molecule has 3 heterocycles. The van der Waals surface area contributed by atoms with Gasteiger partial charge in [-0.3, -0.25) is 0 Å². The minimum atomic E-state index is 0.568. The Morgan fingerprint density at radius 3 is 3.06 bits per heavy atom. The van der Waals surface area contributed by atoms with E-state index in [1.54, 1.807) is 10.9 Å². The van der Waals surface area contributed by atoms with Gasteiger partial charge < -0.3 is 0 Å². The van der Waals surface area contributed by atoms with Crippen LogP contribution < -0.4 is 0 Å². The first-order chi connectivity index (χ1) is 8.90. The average molecular weight is 237 g/mol. The molecule has 0 saturated carbocycles. The van der Waals surface area contributed by atoms with Crippen LogP contribution in [-0.4, -0.2) is 24.7 Å². The van der Waals surface area contributed by atoms with E-state index >= 15 is 0 Å². The number of nitrogens with zero attached hydrogens (tertiary/aromatic N) is 5. The van der Waals surface area contributed by atoms with Gasteiger partial charge in [-0.05, 0) is 37.0 Å². The standard InChI is InChI=1S/C13H11N5/c1-3-9-7-10-8-14-13(18-6-2-5-15-18)17-12(10)16-11(9)4-1/h2,5-8H,1,3-4H2. The van der Waals surface area contributed by atoms with Gasteiger partial charge in [0.05, 0.1) is 0 Å². The lowest BCUT2D eigenvalue weighted by Crippen LogP contribution is -2.03. The Kier molecular flexibility index (Phi) is 1.94. The highest BCUT2D eigenvalue weighted by molar-refractivity contribution is 5.75. The fourth-order valence-electron chi connectivity index (χ4n) is 2.41. The number of pyridine rings is 1. The number of hydrogen-bond acceptors (Lipinski definition) is 4. The van der Waals surface area contributed by atoms with Crippen LogP contribution in [0.2, 0.25) is 0 Å². The minimum Gasteiger partial charge on any atom is -0.233 e. The molecule has 0 spiro atoms. The molecule has 0 fully saturated rings. The number of hydrogen-bond donors (Lipinski definition) is 0. The molecule has 88 valence electrons. The van der Waals surface area contributed by atoms with Crippen molar-refractivity contribution in [3.63, 3.8) is 0 Å². The summed E-state index contributed by atoms with van der Waals surface area (Å²) in [5.74, 6) is 0.568. The number of rotatable bonds is 1. The molecule has 0 aliphatic heterocycles. The molecular formula is C13H11N5. The van der Waals surface area contributed by atoms with Crippen LogP contribution in [-0.2, 0) is 12.8 Å². The second-order valence-electron chi connectivity index (χ2n) is 4.48. The normalized spacial score (nSPS) is 14.0. The van der Waals surface area contributed by atoms with Gasteiger partial charge in [-0.15, -0.1) is 0 Å². The van der Waals surface area contributed by atoms with E-state index in [9.17, 15) is 0 Å². The molecule has 1 aliphatic carbocycles. The van der Waals surface area contributed by atoms with Gasteiger partial charge in [-0.1, -0.05) is 0 Å². The summed E-state index contributed by atoms with van der Waals surface area (Å²) in [7, 11) is 0.